The molecule has 4 nitrogen and oxygen atoms in total. The first-order chi connectivity index (χ1) is 10.6. The molecule has 1 aliphatic carbocycles. The standard InChI is InChI=1S/C18H23NO3/c1-3-22-17(21)18-10-9-15(16(20)11-18)12-19(18)13(2)14-7-5-4-6-8-14/h4-8,13,15H,3,9-12H2,1-2H3/t13-,15-,18-/m0/s1. The normalized spacial score (nSPS) is 29.4. The minimum atomic E-state index is -0.767. The van der Waals surface area contributed by atoms with E-state index in [0.29, 0.717) is 19.6 Å². The van der Waals surface area contributed by atoms with Crippen molar-refractivity contribution in [1.29, 1.82) is 0 Å². The van der Waals surface area contributed by atoms with E-state index < -0.39 is 5.54 Å². The maximum absolute atomic E-state index is 12.7. The van der Waals surface area contributed by atoms with Gasteiger partial charge in [-0.25, -0.2) is 0 Å². The lowest BCUT2D eigenvalue weighted by molar-refractivity contribution is -0.175. The van der Waals surface area contributed by atoms with Crippen molar-refractivity contribution < 1.29 is 14.3 Å². The Morgan fingerprint density at radius 3 is 2.77 bits per heavy atom. The molecule has 4 rings (SSSR count). The van der Waals surface area contributed by atoms with Gasteiger partial charge in [-0.2, -0.15) is 0 Å². The van der Waals surface area contributed by atoms with Crippen LogP contribution >= 0.6 is 0 Å². The molecule has 2 aliphatic heterocycles. The molecular formula is C18H23NO3. The molecule has 0 radical (unpaired) electrons. The van der Waals surface area contributed by atoms with Gasteiger partial charge in [-0.1, -0.05) is 30.3 Å². The average molecular weight is 301 g/mol. The quantitative estimate of drug-likeness (QED) is 0.802. The van der Waals surface area contributed by atoms with Crippen molar-refractivity contribution >= 4 is 11.8 Å². The summed E-state index contributed by atoms with van der Waals surface area (Å²) in [5.74, 6) is 0.0579. The molecule has 22 heavy (non-hydrogen) atoms. The van der Waals surface area contributed by atoms with E-state index in [1.807, 2.05) is 25.1 Å². The van der Waals surface area contributed by atoms with E-state index in [9.17, 15) is 9.59 Å². The van der Waals surface area contributed by atoms with Crippen molar-refractivity contribution in [1.82, 2.24) is 4.90 Å². The van der Waals surface area contributed by atoms with Crippen LogP contribution in [-0.2, 0) is 14.3 Å². The number of esters is 1. The largest absolute Gasteiger partial charge is 0.465 e. The highest BCUT2D eigenvalue weighted by Gasteiger charge is 2.57. The molecular weight excluding hydrogens is 278 g/mol. The van der Waals surface area contributed by atoms with Crippen LogP contribution in [0.4, 0.5) is 0 Å². The summed E-state index contributed by atoms with van der Waals surface area (Å²) in [5.41, 5.74) is 0.406. The van der Waals surface area contributed by atoms with E-state index in [0.717, 1.165) is 12.8 Å². The number of carbonyl (C=O) groups excluding carboxylic acids is 2. The van der Waals surface area contributed by atoms with Gasteiger partial charge in [0, 0.05) is 24.9 Å². The van der Waals surface area contributed by atoms with E-state index in [1.54, 1.807) is 0 Å². The number of ether oxygens (including phenoxy) is 1. The van der Waals surface area contributed by atoms with Crippen molar-refractivity contribution in [3.05, 3.63) is 35.9 Å². The highest BCUT2D eigenvalue weighted by Crippen LogP contribution is 2.46. The molecule has 1 aromatic rings. The number of rotatable bonds is 4. The Kier molecular flexibility index (Phi) is 4.04. The van der Waals surface area contributed by atoms with E-state index in [-0.39, 0.29) is 23.7 Å². The van der Waals surface area contributed by atoms with E-state index in [4.69, 9.17) is 4.74 Å². The summed E-state index contributed by atoms with van der Waals surface area (Å²) in [5, 5.41) is 0. The van der Waals surface area contributed by atoms with Gasteiger partial charge >= 0.3 is 5.97 Å². The first-order valence-electron chi connectivity index (χ1n) is 8.10. The van der Waals surface area contributed by atoms with E-state index in [2.05, 4.69) is 24.0 Å². The maximum Gasteiger partial charge on any atom is 0.327 e. The zero-order valence-electron chi connectivity index (χ0n) is 13.2. The molecule has 4 heteroatoms. The van der Waals surface area contributed by atoms with Gasteiger partial charge in [-0.05, 0) is 32.3 Å². The van der Waals surface area contributed by atoms with E-state index in [1.165, 1.54) is 5.56 Å². The van der Waals surface area contributed by atoms with Gasteiger partial charge in [-0.3, -0.25) is 14.5 Å². The summed E-state index contributed by atoms with van der Waals surface area (Å²) in [4.78, 5) is 27.1. The number of piperidine rings is 2. The lowest BCUT2D eigenvalue weighted by Crippen LogP contribution is -2.66. The number of ketones is 1. The Morgan fingerprint density at radius 2 is 2.14 bits per heavy atom. The molecule has 1 saturated carbocycles. The Hall–Kier alpha value is -1.68. The van der Waals surface area contributed by atoms with Crippen LogP contribution in [0.1, 0.15) is 44.7 Å². The highest BCUT2D eigenvalue weighted by molar-refractivity contribution is 5.94. The summed E-state index contributed by atoms with van der Waals surface area (Å²) in [6.45, 7) is 4.94. The van der Waals surface area contributed by atoms with Crippen molar-refractivity contribution in [2.24, 2.45) is 5.92 Å². The smallest absolute Gasteiger partial charge is 0.327 e. The van der Waals surface area contributed by atoms with Crippen molar-refractivity contribution in [3.63, 3.8) is 0 Å². The van der Waals surface area contributed by atoms with Crippen molar-refractivity contribution in [3.8, 4) is 0 Å². The molecule has 118 valence electrons. The summed E-state index contributed by atoms with van der Waals surface area (Å²) in [6, 6.07) is 10.3. The number of carbonyl (C=O) groups is 2. The summed E-state index contributed by atoms with van der Waals surface area (Å²) < 4.78 is 5.33. The van der Waals surface area contributed by atoms with Crippen LogP contribution < -0.4 is 0 Å². The van der Waals surface area contributed by atoms with Gasteiger partial charge in [0.1, 0.15) is 11.3 Å². The molecule has 0 amide bonds. The molecule has 2 bridgehead atoms. The van der Waals surface area contributed by atoms with Gasteiger partial charge in [0.15, 0.2) is 0 Å². The third-order valence-electron chi connectivity index (χ3n) is 5.20. The zero-order valence-corrected chi connectivity index (χ0v) is 13.2. The molecule has 3 aliphatic rings. The van der Waals surface area contributed by atoms with Crippen LogP contribution in [-0.4, -0.2) is 35.3 Å². The minimum Gasteiger partial charge on any atom is -0.465 e. The number of benzene rings is 1. The number of nitrogens with zero attached hydrogens (tertiary/aromatic N) is 1. The van der Waals surface area contributed by atoms with Gasteiger partial charge in [0.2, 0.25) is 0 Å². The van der Waals surface area contributed by atoms with Crippen LogP contribution in [0.5, 0.6) is 0 Å². The Labute approximate surface area is 131 Å². The lowest BCUT2D eigenvalue weighted by Gasteiger charge is -2.54. The molecule has 2 heterocycles. The molecule has 0 unspecified atom stereocenters. The molecule has 2 saturated heterocycles. The predicted molar refractivity (Wildman–Crippen MR) is 83.3 cm³/mol. The van der Waals surface area contributed by atoms with Crippen molar-refractivity contribution in [2.45, 2.75) is 44.7 Å². The average Bonchev–Trinajstić information content (AvgIpc) is 2.55. The first kappa shape index (κ1) is 15.2. The van der Waals surface area contributed by atoms with Crippen LogP contribution in [0.25, 0.3) is 0 Å². The molecule has 3 atom stereocenters. The van der Waals surface area contributed by atoms with Gasteiger partial charge < -0.3 is 4.74 Å². The number of Topliss-reactive ketones (excluding diaryl/α,β-unsaturated/α-hetero) is 1. The van der Waals surface area contributed by atoms with Crippen LogP contribution in [0, 0.1) is 5.92 Å². The number of hydrogen-bond donors (Lipinski definition) is 0. The molecule has 3 fully saturated rings. The minimum absolute atomic E-state index is 0.0717. The fourth-order valence-electron chi connectivity index (χ4n) is 3.94. The van der Waals surface area contributed by atoms with Gasteiger partial charge in [0.25, 0.3) is 0 Å². The topological polar surface area (TPSA) is 46.6 Å². The Bertz CT molecular complexity index is 571. The highest BCUT2D eigenvalue weighted by atomic mass is 16.5. The van der Waals surface area contributed by atoms with Crippen LogP contribution in [0.2, 0.25) is 0 Å². The second-order valence-electron chi connectivity index (χ2n) is 6.37. The van der Waals surface area contributed by atoms with E-state index >= 15 is 0 Å². The first-order valence-corrected chi connectivity index (χ1v) is 8.10. The van der Waals surface area contributed by atoms with Gasteiger partial charge in [0.05, 0.1) is 6.61 Å². The maximum atomic E-state index is 12.7. The van der Waals surface area contributed by atoms with Crippen LogP contribution in [0.3, 0.4) is 0 Å². The second kappa shape index (κ2) is 5.84. The van der Waals surface area contributed by atoms with Crippen LogP contribution in [0.15, 0.2) is 30.3 Å². The molecule has 0 aromatic heterocycles. The molecule has 0 N–H and O–H groups in total. The number of fused-ring (bicyclic) bond motifs is 3. The summed E-state index contributed by atoms with van der Waals surface area (Å²) >= 11 is 0. The van der Waals surface area contributed by atoms with Gasteiger partial charge in [-0.15, -0.1) is 0 Å². The Morgan fingerprint density at radius 1 is 1.41 bits per heavy atom. The number of hydrogen-bond acceptors (Lipinski definition) is 4. The fraction of sp³-hybridized carbons (Fsp3) is 0.556. The second-order valence-corrected chi connectivity index (χ2v) is 6.37. The third kappa shape index (κ3) is 2.35. The Balaban J connectivity index is 1.95. The summed E-state index contributed by atoms with van der Waals surface area (Å²) in [7, 11) is 0. The SMILES string of the molecule is CCOC(=O)[C@@]12CC[C@@H](CN1[C@@H](C)c1ccccc1)C(=O)C2. The van der Waals surface area contributed by atoms with Crippen molar-refractivity contribution in [2.75, 3.05) is 13.2 Å². The molecule has 0 spiro atoms. The zero-order chi connectivity index (χ0) is 15.7. The lowest BCUT2D eigenvalue weighted by atomic mass is 9.68. The third-order valence-corrected chi connectivity index (χ3v) is 5.20. The monoisotopic (exact) mass is 301 g/mol. The summed E-state index contributed by atoms with van der Waals surface area (Å²) in [6.07, 6.45) is 1.82. The predicted octanol–water partition coefficient (Wildman–Crippen LogP) is 2.73. The fourth-order valence-corrected chi connectivity index (χ4v) is 3.94. The molecule has 1 aromatic carbocycles.